The van der Waals surface area contributed by atoms with Gasteiger partial charge in [-0.3, -0.25) is 0 Å². The summed E-state index contributed by atoms with van der Waals surface area (Å²) in [5, 5.41) is 6.41. The Bertz CT molecular complexity index is 710. The molecule has 5 heteroatoms. The van der Waals surface area contributed by atoms with Crippen molar-refractivity contribution in [3.05, 3.63) is 53.1 Å². The Morgan fingerprint density at radius 2 is 2.23 bits per heavy atom. The number of aromatic nitrogens is 2. The Balaban J connectivity index is 1.85. The molecule has 0 aliphatic carbocycles. The molecule has 2 heterocycles. The van der Waals surface area contributed by atoms with Gasteiger partial charge in [0.15, 0.2) is 0 Å². The van der Waals surface area contributed by atoms with E-state index in [-0.39, 0.29) is 6.10 Å². The van der Waals surface area contributed by atoms with Crippen molar-refractivity contribution in [3.8, 4) is 5.75 Å². The summed E-state index contributed by atoms with van der Waals surface area (Å²) in [6.45, 7) is 4.02. The number of thiophene rings is 1. The van der Waals surface area contributed by atoms with Crippen LogP contribution in [0.15, 0.2) is 48.2 Å². The highest BCUT2D eigenvalue weighted by Gasteiger charge is 2.16. The van der Waals surface area contributed by atoms with Crippen LogP contribution in [0.25, 0.3) is 10.9 Å². The maximum atomic E-state index is 6.31. The first-order valence-corrected chi connectivity index (χ1v) is 8.36. The highest BCUT2D eigenvalue weighted by molar-refractivity contribution is 7.10. The van der Waals surface area contributed by atoms with Gasteiger partial charge in [0.05, 0.1) is 10.9 Å². The third-order valence-electron chi connectivity index (χ3n) is 3.47. The lowest BCUT2D eigenvalue weighted by molar-refractivity contribution is 0.200. The van der Waals surface area contributed by atoms with Crippen molar-refractivity contribution >= 4 is 22.2 Å². The zero-order valence-corrected chi connectivity index (χ0v) is 13.3. The predicted octanol–water partition coefficient (Wildman–Crippen LogP) is 3.81. The van der Waals surface area contributed by atoms with E-state index in [2.05, 4.69) is 39.7 Å². The topological polar surface area (TPSA) is 47.0 Å². The fraction of sp³-hybridized carbons (Fsp3) is 0.294. The summed E-state index contributed by atoms with van der Waals surface area (Å²) in [4.78, 5) is 9.65. The van der Waals surface area contributed by atoms with Gasteiger partial charge in [-0.1, -0.05) is 19.1 Å². The lowest BCUT2D eigenvalue weighted by Gasteiger charge is -2.19. The minimum absolute atomic E-state index is 0.0462. The van der Waals surface area contributed by atoms with E-state index in [1.807, 2.05) is 24.4 Å². The van der Waals surface area contributed by atoms with Gasteiger partial charge in [-0.25, -0.2) is 9.97 Å². The van der Waals surface area contributed by atoms with Gasteiger partial charge in [-0.2, -0.15) is 0 Å². The van der Waals surface area contributed by atoms with Crippen LogP contribution in [0, 0.1) is 0 Å². The molecule has 0 saturated heterocycles. The van der Waals surface area contributed by atoms with Gasteiger partial charge in [0.1, 0.15) is 18.2 Å². The van der Waals surface area contributed by atoms with Crippen LogP contribution in [0.4, 0.5) is 0 Å². The summed E-state index contributed by atoms with van der Waals surface area (Å²) >= 11 is 1.73. The Morgan fingerprint density at radius 3 is 3.05 bits per heavy atom. The summed E-state index contributed by atoms with van der Waals surface area (Å²) < 4.78 is 6.31. The van der Waals surface area contributed by atoms with E-state index in [1.165, 1.54) is 4.88 Å². The number of benzene rings is 1. The minimum Gasteiger partial charge on any atom is -0.484 e. The molecule has 3 rings (SSSR count). The first-order chi connectivity index (χ1) is 10.9. The second-order valence-electron chi connectivity index (χ2n) is 4.98. The fourth-order valence-electron chi connectivity index (χ4n) is 2.38. The van der Waals surface area contributed by atoms with Crippen molar-refractivity contribution in [2.45, 2.75) is 19.4 Å². The van der Waals surface area contributed by atoms with Gasteiger partial charge >= 0.3 is 0 Å². The molecule has 114 valence electrons. The minimum atomic E-state index is 0.0462. The molecule has 0 fully saturated rings. The molecule has 0 radical (unpaired) electrons. The predicted molar refractivity (Wildman–Crippen MR) is 90.4 cm³/mol. The molecule has 0 unspecified atom stereocenters. The third kappa shape index (κ3) is 3.43. The first kappa shape index (κ1) is 14.9. The van der Waals surface area contributed by atoms with E-state index < -0.39 is 0 Å². The molecule has 0 aliphatic heterocycles. The summed E-state index contributed by atoms with van der Waals surface area (Å²) in [6.07, 6.45) is 4.35. The van der Waals surface area contributed by atoms with Crippen molar-refractivity contribution in [1.82, 2.24) is 15.3 Å². The summed E-state index contributed by atoms with van der Waals surface area (Å²) in [7, 11) is 0. The molecule has 1 atom stereocenters. The summed E-state index contributed by atoms with van der Waals surface area (Å²) in [5.41, 5.74) is 0.907. The van der Waals surface area contributed by atoms with E-state index in [9.17, 15) is 0 Å². The normalized spacial score (nSPS) is 12.4. The van der Waals surface area contributed by atoms with Crippen LogP contribution in [0.5, 0.6) is 5.75 Å². The molecule has 1 N–H and O–H groups in total. The maximum absolute atomic E-state index is 6.31. The van der Waals surface area contributed by atoms with Gasteiger partial charge in [0, 0.05) is 17.5 Å². The molecular weight excluding hydrogens is 294 g/mol. The number of hydrogen-bond acceptors (Lipinski definition) is 5. The zero-order chi connectivity index (χ0) is 15.2. The smallest absolute Gasteiger partial charge is 0.134 e. The van der Waals surface area contributed by atoms with Crippen molar-refractivity contribution < 1.29 is 4.74 Å². The van der Waals surface area contributed by atoms with Gasteiger partial charge in [-0.15, -0.1) is 11.3 Å². The van der Waals surface area contributed by atoms with Crippen LogP contribution in [0.3, 0.4) is 0 Å². The van der Waals surface area contributed by atoms with E-state index in [0.29, 0.717) is 0 Å². The van der Waals surface area contributed by atoms with Crippen LogP contribution in [0.2, 0.25) is 0 Å². The van der Waals surface area contributed by atoms with Crippen LogP contribution in [-0.2, 0) is 0 Å². The monoisotopic (exact) mass is 313 g/mol. The highest BCUT2D eigenvalue weighted by Crippen LogP contribution is 2.31. The van der Waals surface area contributed by atoms with Crippen molar-refractivity contribution in [3.63, 3.8) is 0 Å². The average molecular weight is 313 g/mol. The van der Waals surface area contributed by atoms with Crippen LogP contribution >= 0.6 is 11.3 Å². The van der Waals surface area contributed by atoms with Gasteiger partial charge in [0.25, 0.3) is 0 Å². The molecule has 0 saturated carbocycles. The third-order valence-corrected chi connectivity index (χ3v) is 4.44. The molecule has 0 bridgehead atoms. The van der Waals surface area contributed by atoms with Crippen LogP contribution < -0.4 is 10.1 Å². The molecule has 0 spiro atoms. The molecular formula is C17H19N3OS. The Morgan fingerprint density at radius 1 is 1.27 bits per heavy atom. The molecule has 22 heavy (non-hydrogen) atoms. The molecule has 2 aromatic heterocycles. The largest absolute Gasteiger partial charge is 0.484 e. The zero-order valence-electron chi connectivity index (χ0n) is 12.5. The fourth-order valence-corrected chi connectivity index (χ4v) is 3.17. The number of fused-ring (bicyclic) bond motifs is 1. The van der Waals surface area contributed by atoms with Crippen molar-refractivity contribution in [2.75, 3.05) is 13.1 Å². The van der Waals surface area contributed by atoms with Crippen molar-refractivity contribution in [1.29, 1.82) is 0 Å². The van der Waals surface area contributed by atoms with E-state index in [0.717, 1.165) is 36.2 Å². The average Bonchev–Trinajstić information content (AvgIpc) is 3.09. The number of hydrogen-bond donors (Lipinski definition) is 1. The number of nitrogens with one attached hydrogen (secondary N) is 1. The quantitative estimate of drug-likeness (QED) is 0.674. The molecule has 0 amide bonds. The Labute approximate surface area is 134 Å². The number of nitrogens with zero attached hydrogens (tertiary/aromatic N) is 2. The standard InChI is InChI=1S/C17H19N3OS/c1-2-18-9-8-16(17-7-4-10-22-17)21-15-6-3-5-14-13(15)11-19-12-20-14/h3-7,10-12,16,18H,2,8-9H2,1H3/t16-/m0/s1. The summed E-state index contributed by atoms with van der Waals surface area (Å²) in [6, 6.07) is 10.1. The van der Waals surface area contributed by atoms with Crippen LogP contribution in [0.1, 0.15) is 24.3 Å². The molecule has 4 nitrogen and oxygen atoms in total. The van der Waals surface area contributed by atoms with E-state index in [1.54, 1.807) is 17.7 Å². The van der Waals surface area contributed by atoms with E-state index >= 15 is 0 Å². The SMILES string of the molecule is CCNCC[C@H](Oc1cccc2ncncc12)c1cccs1. The Hall–Kier alpha value is -1.98. The first-order valence-electron chi connectivity index (χ1n) is 7.48. The molecule has 0 aliphatic rings. The van der Waals surface area contributed by atoms with Gasteiger partial charge in [-0.05, 0) is 36.7 Å². The Kier molecular flexibility index (Phi) is 4.98. The second-order valence-corrected chi connectivity index (χ2v) is 5.96. The maximum Gasteiger partial charge on any atom is 0.134 e. The van der Waals surface area contributed by atoms with E-state index in [4.69, 9.17) is 4.74 Å². The lowest BCUT2D eigenvalue weighted by atomic mass is 10.2. The summed E-state index contributed by atoms with van der Waals surface area (Å²) in [5.74, 6) is 0.841. The number of rotatable bonds is 7. The van der Waals surface area contributed by atoms with Gasteiger partial charge < -0.3 is 10.1 Å². The second kappa shape index (κ2) is 7.33. The van der Waals surface area contributed by atoms with Crippen molar-refractivity contribution in [2.24, 2.45) is 0 Å². The molecule has 1 aromatic carbocycles. The van der Waals surface area contributed by atoms with Crippen LogP contribution in [-0.4, -0.2) is 23.1 Å². The lowest BCUT2D eigenvalue weighted by Crippen LogP contribution is -2.19. The molecule has 3 aromatic rings. The highest BCUT2D eigenvalue weighted by atomic mass is 32.1. The number of ether oxygens (including phenoxy) is 1. The van der Waals surface area contributed by atoms with Gasteiger partial charge in [0.2, 0.25) is 0 Å².